The van der Waals surface area contributed by atoms with E-state index in [-0.39, 0.29) is 0 Å². The summed E-state index contributed by atoms with van der Waals surface area (Å²) in [6.45, 7) is 1.71. The minimum Gasteiger partial charge on any atom is -0.339 e. The molecule has 0 saturated heterocycles. The Hall–Kier alpha value is -2.61. The van der Waals surface area contributed by atoms with E-state index in [1.807, 2.05) is 0 Å². The molecule has 0 aliphatic heterocycles. The first-order valence-corrected chi connectivity index (χ1v) is 8.37. The third-order valence-corrected chi connectivity index (χ3v) is 4.39. The Balaban J connectivity index is 1.93. The van der Waals surface area contributed by atoms with E-state index in [1.165, 1.54) is 6.20 Å². The molecule has 0 bridgehead atoms. The maximum Gasteiger partial charge on any atom is 0.223 e. The Morgan fingerprint density at radius 3 is 2.64 bits per heavy atom. The summed E-state index contributed by atoms with van der Waals surface area (Å²) in [6, 6.07) is 8.65. The second-order valence-electron chi connectivity index (χ2n) is 4.60. The topological polar surface area (TPSA) is 94.1 Å². The van der Waals surface area contributed by atoms with Crippen molar-refractivity contribution in [2.75, 3.05) is 6.26 Å². The average molecular weight is 315 g/mol. The molecule has 0 aliphatic carbocycles. The Morgan fingerprint density at radius 2 is 2.05 bits per heavy atom. The number of pyridine rings is 2. The van der Waals surface area contributed by atoms with Crippen molar-refractivity contribution in [3.05, 3.63) is 48.6 Å². The molecule has 3 rings (SSSR count). The molecule has 0 amide bonds. The van der Waals surface area contributed by atoms with Crippen LogP contribution < -0.4 is 0 Å². The van der Waals surface area contributed by atoms with Gasteiger partial charge in [0.05, 0.1) is 21.6 Å². The van der Waals surface area contributed by atoms with Gasteiger partial charge in [0.1, 0.15) is 10.7 Å². The Morgan fingerprint density at radius 1 is 1.18 bits per heavy atom. The Kier molecular flexibility index (Phi) is 3.68. The van der Waals surface area contributed by atoms with Crippen LogP contribution in [0.1, 0.15) is 5.89 Å². The van der Waals surface area contributed by atoms with E-state index >= 15 is 0 Å². The van der Waals surface area contributed by atoms with Gasteiger partial charge in [-0.05, 0) is 24.3 Å². The van der Waals surface area contributed by atoms with E-state index in [0.717, 1.165) is 0 Å². The van der Waals surface area contributed by atoms with E-state index < -0.39 is 9.73 Å². The fourth-order valence-electron chi connectivity index (χ4n) is 1.79. The van der Waals surface area contributed by atoms with Crippen molar-refractivity contribution >= 4 is 15.4 Å². The maximum absolute atomic E-state index is 12.6. The van der Waals surface area contributed by atoms with E-state index in [0.29, 0.717) is 28.1 Å². The summed E-state index contributed by atoms with van der Waals surface area (Å²) in [4.78, 5) is 12.4. The first-order valence-electron chi connectivity index (χ1n) is 6.44. The first kappa shape index (κ1) is 14.3. The maximum atomic E-state index is 12.6. The highest BCUT2D eigenvalue weighted by atomic mass is 32.2. The van der Waals surface area contributed by atoms with Gasteiger partial charge in [-0.15, -0.1) is 0 Å². The van der Waals surface area contributed by atoms with Gasteiger partial charge in [0.15, 0.2) is 0 Å². The number of rotatable bonds is 3. The zero-order chi connectivity index (χ0) is 15.6. The van der Waals surface area contributed by atoms with Crippen molar-refractivity contribution < 1.29 is 8.73 Å². The molecule has 0 aromatic carbocycles. The lowest BCUT2D eigenvalue weighted by Gasteiger charge is -2.03. The zero-order valence-corrected chi connectivity index (χ0v) is 12.8. The molecule has 1 unspecified atom stereocenters. The molecular formula is C14H13N5O2S. The van der Waals surface area contributed by atoms with Gasteiger partial charge in [-0.2, -0.15) is 9.35 Å². The standard InChI is InChI=1S/C14H13N5O2S/c1-10-17-14(18-21-10)12-7-6-11(9-16-12)19-22(2,20)13-5-3-4-8-15-13/h3-9H,1-2H3. The van der Waals surface area contributed by atoms with Crippen LogP contribution in [0, 0.1) is 6.92 Å². The van der Waals surface area contributed by atoms with Crippen LogP contribution in [0.4, 0.5) is 5.69 Å². The van der Waals surface area contributed by atoms with Crippen molar-refractivity contribution in [2.24, 2.45) is 4.36 Å². The van der Waals surface area contributed by atoms with Crippen molar-refractivity contribution in [1.29, 1.82) is 0 Å². The van der Waals surface area contributed by atoms with Crippen molar-refractivity contribution in [3.8, 4) is 11.5 Å². The number of aryl methyl sites for hydroxylation is 1. The SMILES string of the molecule is Cc1nc(-c2ccc(N=S(C)(=O)c3ccccn3)cn2)no1. The molecule has 0 spiro atoms. The fourth-order valence-corrected chi connectivity index (χ4v) is 2.99. The Labute approximate surface area is 127 Å². The molecule has 0 radical (unpaired) electrons. The molecule has 7 nitrogen and oxygen atoms in total. The van der Waals surface area contributed by atoms with Gasteiger partial charge < -0.3 is 4.52 Å². The normalized spacial score (nSPS) is 13.5. The summed E-state index contributed by atoms with van der Waals surface area (Å²) in [5.41, 5.74) is 1.07. The van der Waals surface area contributed by atoms with Gasteiger partial charge >= 0.3 is 0 Å². The molecule has 8 heteroatoms. The third kappa shape index (κ3) is 3.01. The van der Waals surface area contributed by atoms with Gasteiger partial charge in [0.25, 0.3) is 0 Å². The molecule has 3 aromatic heterocycles. The second kappa shape index (κ2) is 5.64. The summed E-state index contributed by atoms with van der Waals surface area (Å²) in [5.74, 6) is 0.878. The van der Waals surface area contributed by atoms with E-state index in [1.54, 1.807) is 49.7 Å². The highest BCUT2D eigenvalue weighted by Crippen LogP contribution is 2.20. The summed E-state index contributed by atoms with van der Waals surface area (Å²) < 4.78 is 21.8. The van der Waals surface area contributed by atoms with Crippen LogP contribution in [0.25, 0.3) is 11.5 Å². The van der Waals surface area contributed by atoms with Crippen LogP contribution in [-0.4, -0.2) is 30.6 Å². The van der Waals surface area contributed by atoms with E-state index in [4.69, 9.17) is 4.52 Å². The van der Waals surface area contributed by atoms with Gasteiger partial charge in [-0.1, -0.05) is 11.2 Å². The van der Waals surface area contributed by atoms with Crippen LogP contribution in [0.5, 0.6) is 0 Å². The fraction of sp³-hybridized carbons (Fsp3) is 0.143. The third-order valence-electron chi connectivity index (χ3n) is 2.81. The second-order valence-corrected chi connectivity index (χ2v) is 6.81. The largest absolute Gasteiger partial charge is 0.339 e. The molecule has 0 N–H and O–H groups in total. The molecule has 3 aromatic rings. The lowest BCUT2D eigenvalue weighted by Crippen LogP contribution is -1.99. The van der Waals surface area contributed by atoms with Gasteiger partial charge in [-0.25, -0.2) is 9.19 Å². The smallest absolute Gasteiger partial charge is 0.223 e. The van der Waals surface area contributed by atoms with Crippen molar-refractivity contribution in [3.63, 3.8) is 0 Å². The zero-order valence-electron chi connectivity index (χ0n) is 12.0. The average Bonchev–Trinajstić information content (AvgIpc) is 2.95. The highest BCUT2D eigenvalue weighted by Gasteiger charge is 2.09. The summed E-state index contributed by atoms with van der Waals surface area (Å²) in [6.07, 6.45) is 4.66. The number of nitrogens with zero attached hydrogens (tertiary/aromatic N) is 5. The lowest BCUT2D eigenvalue weighted by atomic mass is 10.3. The van der Waals surface area contributed by atoms with Crippen molar-refractivity contribution in [1.82, 2.24) is 20.1 Å². The van der Waals surface area contributed by atoms with Gasteiger partial charge in [0, 0.05) is 19.4 Å². The minimum absolute atomic E-state index is 0.408. The summed E-state index contributed by atoms with van der Waals surface area (Å²) in [7, 11) is -2.61. The predicted molar refractivity (Wildman–Crippen MR) is 80.9 cm³/mol. The van der Waals surface area contributed by atoms with Crippen molar-refractivity contribution in [2.45, 2.75) is 11.9 Å². The minimum atomic E-state index is -2.61. The summed E-state index contributed by atoms with van der Waals surface area (Å²) in [5, 5.41) is 4.23. The molecule has 22 heavy (non-hydrogen) atoms. The molecule has 0 saturated carbocycles. The first-order chi connectivity index (χ1) is 10.5. The van der Waals surface area contributed by atoms with Crippen LogP contribution >= 0.6 is 0 Å². The molecule has 0 fully saturated rings. The summed E-state index contributed by atoms with van der Waals surface area (Å²) >= 11 is 0. The molecule has 3 heterocycles. The Bertz CT molecular complexity index is 896. The van der Waals surface area contributed by atoms with E-state index in [9.17, 15) is 4.21 Å². The monoisotopic (exact) mass is 315 g/mol. The van der Waals surface area contributed by atoms with Gasteiger partial charge in [-0.3, -0.25) is 4.98 Å². The molecule has 112 valence electrons. The van der Waals surface area contributed by atoms with Crippen LogP contribution in [-0.2, 0) is 9.73 Å². The van der Waals surface area contributed by atoms with E-state index in [2.05, 4.69) is 24.5 Å². The number of aromatic nitrogens is 4. The molecule has 0 aliphatic rings. The lowest BCUT2D eigenvalue weighted by molar-refractivity contribution is 0.394. The van der Waals surface area contributed by atoms with Gasteiger partial charge in [0.2, 0.25) is 11.7 Å². The number of hydrogen-bond donors (Lipinski definition) is 0. The number of hydrogen-bond acceptors (Lipinski definition) is 7. The quantitative estimate of drug-likeness (QED) is 0.737. The van der Waals surface area contributed by atoms with Crippen LogP contribution in [0.15, 0.2) is 56.6 Å². The highest BCUT2D eigenvalue weighted by molar-refractivity contribution is 7.93. The predicted octanol–water partition coefficient (Wildman–Crippen LogP) is 2.62. The van der Waals surface area contributed by atoms with Crippen LogP contribution in [0.2, 0.25) is 0 Å². The van der Waals surface area contributed by atoms with Crippen LogP contribution in [0.3, 0.4) is 0 Å². The molecular weight excluding hydrogens is 302 g/mol. The molecule has 1 atom stereocenters.